The van der Waals surface area contributed by atoms with Gasteiger partial charge in [-0.25, -0.2) is 9.97 Å². The predicted octanol–water partition coefficient (Wildman–Crippen LogP) is 5.68. The minimum atomic E-state index is -0.0539. The second-order valence-corrected chi connectivity index (χ2v) is 10.1. The summed E-state index contributed by atoms with van der Waals surface area (Å²) in [4.78, 5) is 23.8. The summed E-state index contributed by atoms with van der Waals surface area (Å²) in [7, 11) is 1.99. The average molecular weight is 529 g/mol. The van der Waals surface area contributed by atoms with E-state index in [1.807, 2.05) is 35.9 Å². The van der Waals surface area contributed by atoms with E-state index in [1.54, 1.807) is 18.3 Å². The number of nitrogens with zero attached hydrogens (tertiary/aromatic N) is 4. The first kappa shape index (κ1) is 26.6. The number of anilines is 3. The molecule has 1 saturated heterocycles. The molecule has 1 fully saturated rings. The molecule has 4 aromatic rings. The number of aryl methyl sites for hydroxylation is 1. The van der Waals surface area contributed by atoms with Crippen LogP contribution >= 0.6 is 0 Å². The summed E-state index contributed by atoms with van der Waals surface area (Å²) < 4.78 is 13.5. The molecule has 1 aliphatic rings. The molecule has 0 unspecified atom stereocenters. The Morgan fingerprint density at radius 2 is 1.90 bits per heavy atom. The summed E-state index contributed by atoms with van der Waals surface area (Å²) in [5.41, 5.74) is 4.09. The molecule has 3 heterocycles. The number of fused-ring (bicyclic) bond motifs is 1. The number of morpholine rings is 1. The number of imidazole rings is 1. The maximum atomic E-state index is 12.4. The first-order valence-corrected chi connectivity index (χ1v) is 13.5. The van der Waals surface area contributed by atoms with E-state index in [9.17, 15) is 4.79 Å². The number of carbonyl (C=O) groups excluding carboxylic acids is 1. The molecule has 9 nitrogen and oxygen atoms in total. The lowest BCUT2D eigenvalue weighted by Crippen LogP contribution is -2.37. The van der Waals surface area contributed by atoms with Crippen LogP contribution in [0.1, 0.15) is 38.2 Å². The Balaban J connectivity index is 1.21. The Kier molecular flexibility index (Phi) is 8.39. The monoisotopic (exact) mass is 528 g/mol. The third kappa shape index (κ3) is 6.93. The van der Waals surface area contributed by atoms with Crippen LogP contribution in [0.5, 0.6) is 11.5 Å². The van der Waals surface area contributed by atoms with Crippen LogP contribution in [0.3, 0.4) is 0 Å². The quantitative estimate of drug-likeness (QED) is 0.274. The van der Waals surface area contributed by atoms with Gasteiger partial charge in [0.2, 0.25) is 11.9 Å². The zero-order valence-corrected chi connectivity index (χ0v) is 22.8. The molecule has 1 amide bonds. The zero-order valence-electron chi connectivity index (χ0n) is 22.8. The number of benzene rings is 2. The first-order chi connectivity index (χ1) is 18.9. The van der Waals surface area contributed by atoms with Crippen molar-refractivity contribution < 1.29 is 14.3 Å². The Hall–Kier alpha value is -3.95. The number of hydrogen-bond donors (Lipinski definition) is 2. The van der Waals surface area contributed by atoms with Crippen LogP contribution in [0.15, 0.2) is 60.8 Å². The lowest BCUT2D eigenvalue weighted by Gasteiger charge is -2.26. The molecule has 1 aliphatic heterocycles. The molecule has 5 rings (SSSR count). The van der Waals surface area contributed by atoms with Crippen molar-refractivity contribution in [3.63, 3.8) is 0 Å². The van der Waals surface area contributed by atoms with Gasteiger partial charge in [-0.2, -0.15) is 0 Å². The number of nitrogens with one attached hydrogen (secondary N) is 2. The second-order valence-electron chi connectivity index (χ2n) is 10.1. The van der Waals surface area contributed by atoms with Crippen LogP contribution in [-0.2, 0) is 16.6 Å². The largest absolute Gasteiger partial charge is 0.457 e. The standard InChI is InChI=1S/C30H36N6O3/c1-21(2)22-6-4-7-23(18-22)32-30-33-26-19-24(9-10-27(26)35(30)3)39-25-11-12-31-28(20-25)34-29(37)8-5-13-36-14-16-38-17-15-36/h4,6-7,9-12,18-21H,5,8,13-17H2,1-3H3,(H,32,33)(H,31,34,37). The van der Waals surface area contributed by atoms with Crippen LogP contribution in [0.4, 0.5) is 17.5 Å². The van der Waals surface area contributed by atoms with Crippen LogP contribution < -0.4 is 15.4 Å². The minimum absolute atomic E-state index is 0.0539. The fraction of sp³-hybridized carbons (Fsp3) is 0.367. The number of aromatic nitrogens is 3. The molecular weight excluding hydrogens is 492 g/mol. The highest BCUT2D eigenvalue weighted by Gasteiger charge is 2.13. The predicted molar refractivity (Wildman–Crippen MR) is 154 cm³/mol. The molecular formula is C30H36N6O3. The molecule has 204 valence electrons. The van der Waals surface area contributed by atoms with Crippen LogP contribution in [0, 0.1) is 0 Å². The van der Waals surface area contributed by atoms with Gasteiger partial charge in [0, 0.05) is 50.6 Å². The highest BCUT2D eigenvalue weighted by Crippen LogP contribution is 2.29. The molecule has 39 heavy (non-hydrogen) atoms. The van der Waals surface area contributed by atoms with E-state index in [2.05, 4.69) is 52.6 Å². The van der Waals surface area contributed by atoms with Gasteiger partial charge in [-0.3, -0.25) is 9.69 Å². The average Bonchev–Trinajstić information content (AvgIpc) is 3.23. The lowest BCUT2D eigenvalue weighted by atomic mass is 10.0. The fourth-order valence-electron chi connectivity index (χ4n) is 4.63. The molecule has 2 aromatic carbocycles. The molecule has 0 atom stereocenters. The zero-order chi connectivity index (χ0) is 27.2. The molecule has 2 aromatic heterocycles. The smallest absolute Gasteiger partial charge is 0.225 e. The second kappa shape index (κ2) is 12.3. The molecule has 0 saturated carbocycles. The fourth-order valence-corrected chi connectivity index (χ4v) is 4.63. The first-order valence-electron chi connectivity index (χ1n) is 13.5. The molecule has 9 heteroatoms. The van der Waals surface area contributed by atoms with E-state index >= 15 is 0 Å². The number of ether oxygens (including phenoxy) is 2. The van der Waals surface area contributed by atoms with Gasteiger partial charge in [0.1, 0.15) is 17.3 Å². The highest BCUT2D eigenvalue weighted by atomic mass is 16.5. The van der Waals surface area contributed by atoms with Crippen molar-refractivity contribution in [2.24, 2.45) is 7.05 Å². The summed E-state index contributed by atoms with van der Waals surface area (Å²) in [6.07, 6.45) is 2.87. The third-order valence-electron chi connectivity index (χ3n) is 6.88. The molecule has 0 aliphatic carbocycles. The van der Waals surface area contributed by atoms with E-state index < -0.39 is 0 Å². The number of rotatable bonds is 10. The molecule has 0 radical (unpaired) electrons. The summed E-state index contributed by atoms with van der Waals surface area (Å²) in [5.74, 6) is 2.87. The van der Waals surface area contributed by atoms with Crippen molar-refractivity contribution in [3.8, 4) is 11.5 Å². The Morgan fingerprint density at radius 3 is 2.72 bits per heavy atom. The van der Waals surface area contributed by atoms with Gasteiger partial charge < -0.3 is 24.7 Å². The van der Waals surface area contributed by atoms with Crippen molar-refractivity contribution in [2.75, 3.05) is 43.5 Å². The summed E-state index contributed by atoms with van der Waals surface area (Å²) in [6, 6.07) is 17.7. The number of pyridine rings is 1. The summed E-state index contributed by atoms with van der Waals surface area (Å²) >= 11 is 0. The van der Waals surface area contributed by atoms with Gasteiger partial charge in [-0.15, -0.1) is 0 Å². The van der Waals surface area contributed by atoms with Gasteiger partial charge >= 0.3 is 0 Å². The van der Waals surface area contributed by atoms with Crippen LogP contribution in [0.25, 0.3) is 11.0 Å². The van der Waals surface area contributed by atoms with Gasteiger partial charge in [-0.05, 0) is 54.8 Å². The topological polar surface area (TPSA) is 93.5 Å². The van der Waals surface area contributed by atoms with Gasteiger partial charge in [0.15, 0.2) is 0 Å². The van der Waals surface area contributed by atoms with Crippen LogP contribution in [-0.4, -0.2) is 58.2 Å². The van der Waals surface area contributed by atoms with Crippen molar-refractivity contribution in [3.05, 3.63) is 66.4 Å². The van der Waals surface area contributed by atoms with Crippen molar-refractivity contribution in [1.29, 1.82) is 0 Å². The van der Waals surface area contributed by atoms with Gasteiger partial charge in [0.25, 0.3) is 0 Å². The molecule has 0 spiro atoms. The minimum Gasteiger partial charge on any atom is -0.457 e. The third-order valence-corrected chi connectivity index (χ3v) is 6.88. The Morgan fingerprint density at radius 1 is 1.08 bits per heavy atom. The SMILES string of the molecule is CC(C)c1cccc(Nc2nc3cc(Oc4ccnc(NC(=O)CCCN5CCOCC5)c4)ccc3n2C)c1. The normalized spacial score (nSPS) is 14.1. The van der Waals surface area contributed by atoms with E-state index in [-0.39, 0.29) is 5.91 Å². The Bertz CT molecular complexity index is 1430. The Labute approximate surface area is 229 Å². The van der Waals surface area contributed by atoms with Crippen molar-refractivity contribution in [1.82, 2.24) is 19.4 Å². The van der Waals surface area contributed by atoms with E-state index in [0.717, 1.165) is 61.9 Å². The van der Waals surface area contributed by atoms with Crippen molar-refractivity contribution >= 4 is 34.4 Å². The lowest BCUT2D eigenvalue weighted by molar-refractivity contribution is -0.116. The van der Waals surface area contributed by atoms with E-state index in [1.165, 1.54) is 5.56 Å². The summed E-state index contributed by atoms with van der Waals surface area (Å²) in [6.45, 7) is 8.65. The maximum absolute atomic E-state index is 12.4. The maximum Gasteiger partial charge on any atom is 0.225 e. The van der Waals surface area contributed by atoms with E-state index in [4.69, 9.17) is 14.5 Å². The number of carbonyl (C=O) groups is 1. The molecule has 0 bridgehead atoms. The highest BCUT2D eigenvalue weighted by molar-refractivity contribution is 5.89. The van der Waals surface area contributed by atoms with Gasteiger partial charge in [-0.1, -0.05) is 26.0 Å². The summed E-state index contributed by atoms with van der Waals surface area (Å²) in [5, 5.41) is 6.32. The van der Waals surface area contributed by atoms with Crippen LogP contribution in [0.2, 0.25) is 0 Å². The molecule has 2 N–H and O–H groups in total. The number of hydrogen-bond acceptors (Lipinski definition) is 7. The number of amides is 1. The van der Waals surface area contributed by atoms with Gasteiger partial charge in [0.05, 0.1) is 24.2 Å². The van der Waals surface area contributed by atoms with Crippen molar-refractivity contribution in [2.45, 2.75) is 32.6 Å². The van der Waals surface area contributed by atoms with E-state index in [0.29, 0.717) is 29.7 Å².